The Balaban J connectivity index is 1.53. The molecule has 2 bridgehead atoms. The molecule has 0 N–H and O–H groups in total. The minimum atomic E-state index is -0.447. The van der Waals surface area contributed by atoms with E-state index in [-0.39, 0.29) is 47.6 Å². The molecule has 0 unspecified atom stereocenters. The first kappa shape index (κ1) is 19.8. The Bertz CT molecular complexity index is 1010. The summed E-state index contributed by atoms with van der Waals surface area (Å²) in [4.78, 5) is 40.2. The fourth-order valence-electron chi connectivity index (χ4n) is 5.40. The molecular weight excluding hydrogens is 468 g/mol. The van der Waals surface area contributed by atoms with Crippen molar-refractivity contribution in [3.63, 3.8) is 0 Å². The van der Waals surface area contributed by atoms with Crippen LogP contribution in [-0.2, 0) is 16.1 Å². The Kier molecular flexibility index (Phi) is 4.94. The lowest BCUT2D eigenvalue weighted by atomic mass is 9.81. The molecule has 2 saturated carbocycles. The second-order valence-corrected chi connectivity index (χ2v) is 9.67. The van der Waals surface area contributed by atoms with Gasteiger partial charge in [-0.15, -0.1) is 0 Å². The van der Waals surface area contributed by atoms with Gasteiger partial charge in [0, 0.05) is 4.47 Å². The van der Waals surface area contributed by atoms with Gasteiger partial charge in [-0.25, -0.2) is 5.01 Å². The number of imide groups is 1. The van der Waals surface area contributed by atoms with Crippen LogP contribution in [0.15, 0.2) is 53.0 Å². The van der Waals surface area contributed by atoms with Crippen LogP contribution in [0.5, 0.6) is 0 Å². The van der Waals surface area contributed by atoms with Crippen molar-refractivity contribution >= 4 is 45.3 Å². The Morgan fingerprint density at radius 2 is 1.60 bits per heavy atom. The molecule has 0 radical (unpaired) electrons. The number of hydrazine groups is 1. The van der Waals surface area contributed by atoms with Gasteiger partial charge in [0.15, 0.2) is 0 Å². The maximum Gasteiger partial charge on any atom is 0.274 e. The maximum absolute atomic E-state index is 13.5. The predicted molar refractivity (Wildman–Crippen MR) is 115 cm³/mol. The third-order valence-electron chi connectivity index (χ3n) is 6.73. The minimum absolute atomic E-state index is 0.115. The normalized spacial score (nSPS) is 26.9. The molecule has 1 saturated heterocycles. The van der Waals surface area contributed by atoms with E-state index in [0.717, 1.165) is 34.3 Å². The van der Waals surface area contributed by atoms with E-state index in [4.69, 9.17) is 11.6 Å². The molecule has 7 heteroatoms. The van der Waals surface area contributed by atoms with Crippen LogP contribution in [0.4, 0.5) is 0 Å². The van der Waals surface area contributed by atoms with Crippen LogP contribution in [-0.4, -0.2) is 27.7 Å². The van der Waals surface area contributed by atoms with Gasteiger partial charge in [0.2, 0.25) is 0 Å². The molecular formula is C23H20BrClN2O3. The summed E-state index contributed by atoms with van der Waals surface area (Å²) in [6, 6.07) is 14.2. The average Bonchev–Trinajstić information content (AvgIpc) is 3.42. The largest absolute Gasteiger partial charge is 0.274 e. The van der Waals surface area contributed by atoms with Crippen molar-refractivity contribution in [3.8, 4) is 0 Å². The lowest BCUT2D eigenvalue weighted by molar-refractivity contribution is -0.156. The number of nitrogens with zero attached hydrogens (tertiary/aromatic N) is 2. The van der Waals surface area contributed by atoms with Crippen LogP contribution in [0.3, 0.4) is 0 Å². The highest BCUT2D eigenvalue weighted by atomic mass is 79.9. The zero-order valence-corrected chi connectivity index (χ0v) is 18.5. The van der Waals surface area contributed by atoms with Crippen LogP contribution in [0.1, 0.15) is 35.2 Å². The zero-order valence-electron chi connectivity index (χ0n) is 16.1. The molecule has 3 amide bonds. The number of halogens is 2. The fourth-order valence-corrected chi connectivity index (χ4v) is 5.88. The second kappa shape index (κ2) is 7.50. The van der Waals surface area contributed by atoms with Gasteiger partial charge < -0.3 is 0 Å². The van der Waals surface area contributed by atoms with Gasteiger partial charge in [-0.3, -0.25) is 14.4 Å². The number of carbonyl (C=O) groups excluding carboxylic acids is 3. The minimum Gasteiger partial charge on any atom is -0.272 e. The van der Waals surface area contributed by atoms with E-state index in [0.29, 0.717) is 5.02 Å². The molecule has 3 fully saturated rings. The van der Waals surface area contributed by atoms with Crippen molar-refractivity contribution in [2.24, 2.45) is 23.7 Å². The first-order chi connectivity index (χ1) is 14.5. The summed E-state index contributed by atoms with van der Waals surface area (Å²) >= 11 is 9.68. The zero-order chi connectivity index (χ0) is 21.0. The summed E-state index contributed by atoms with van der Waals surface area (Å²) < 4.78 is 0.912. The summed E-state index contributed by atoms with van der Waals surface area (Å²) in [5.41, 5.74) is 1.09. The Morgan fingerprint density at radius 1 is 1.00 bits per heavy atom. The number of benzene rings is 2. The van der Waals surface area contributed by atoms with E-state index in [2.05, 4.69) is 15.9 Å². The average molecular weight is 488 g/mol. The quantitative estimate of drug-likeness (QED) is 0.588. The van der Waals surface area contributed by atoms with E-state index >= 15 is 0 Å². The van der Waals surface area contributed by atoms with E-state index in [1.807, 2.05) is 24.3 Å². The molecule has 1 aliphatic heterocycles. The highest BCUT2D eigenvalue weighted by molar-refractivity contribution is 9.10. The lowest BCUT2D eigenvalue weighted by Gasteiger charge is -2.31. The number of amides is 3. The summed E-state index contributed by atoms with van der Waals surface area (Å²) in [6.45, 7) is 0.115. The van der Waals surface area contributed by atoms with E-state index < -0.39 is 5.91 Å². The predicted octanol–water partition coefficient (Wildman–Crippen LogP) is 4.69. The molecule has 3 aliphatic rings. The third-order valence-corrected chi connectivity index (χ3v) is 7.59. The van der Waals surface area contributed by atoms with Gasteiger partial charge in [0.25, 0.3) is 17.7 Å². The topological polar surface area (TPSA) is 57.7 Å². The Hall–Kier alpha value is -2.18. The van der Waals surface area contributed by atoms with E-state index in [1.165, 1.54) is 5.01 Å². The fraction of sp³-hybridized carbons (Fsp3) is 0.348. The summed E-state index contributed by atoms with van der Waals surface area (Å²) in [6.07, 6.45) is 2.93. The molecule has 2 aromatic rings. The number of rotatable bonds is 4. The van der Waals surface area contributed by atoms with Crippen LogP contribution in [0.25, 0.3) is 0 Å². The Morgan fingerprint density at radius 3 is 2.20 bits per heavy atom. The summed E-state index contributed by atoms with van der Waals surface area (Å²) in [5, 5.41) is 2.70. The molecule has 0 aromatic heterocycles. The van der Waals surface area contributed by atoms with E-state index in [1.54, 1.807) is 24.3 Å². The molecule has 0 spiro atoms. The highest BCUT2D eigenvalue weighted by Gasteiger charge is 2.62. The van der Waals surface area contributed by atoms with Gasteiger partial charge in [-0.05, 0) is 60.9 Å². The summed E-state index contributed by atoms with van der Waals surface area (Å²) in [5.74, 6) is -0.995. The monoisotopic (exact) mass is 486 g/mol. The SMILES string of the molecule is O=C(c1ccccc1Cl)N(Cc1ccc(Br)cc1)N1C(=O)[C@H]2[C@@H]3CC[C@@H](C3)[C@@H]2C1=O. The van der Waals surface area contributed by atoms with E-state index in [9.17, 15) is 14.4 Å². The van der Waals surface area contributed by atoms with Gasteiger partial charge >= 0.3 is 0 Å². The number of hydrogen-bond donors (Lipinski definition) is 0. The number of carbonyl (C=O) groups is 3. The highest BCUT2D eigenvalue weighted by Crippen LogP contribution is 2.56. The molecule has 154 valence electrons. The van der Waals surface area contributed by atoms with Crippen molar-refractivity contribution in [2.75, 3.05) is 0 Å². The number of hydrogen-bond acceptors (Lipinski definition) is 3. The summed E-state index contributed by atoms with van der Waals surface area (Å²) in [7, 11) is 0. The Labute approximate surface area is 188 Å². The lowest BCUT2D eigenvalue weighted by Crippen LogP contribution is -2.50. The maximum atomic E-state index is 13.5. The van der Waals surface area contributed by atoms with Crippen molar-refractivity contribution in [3.05, 3.63) is 69.2 Å². The molecule has 4 atom stereocenters. The van der Waals surface area contributed by atoms with Crippen molar-refractivity contribution in [2.45, 2.75) is 25.8 Å². The van der Waals surface area contributed by atoms with Gasteiger partial charge in [0.05, 0.1) is 29.0 Å². The molecule has 5 rings (SSSR count). The van der Waals surface area contributed by atoms with Crippen LogP contribution in [0, 0.1) is 23.7 Å². The molecule has 1 heterocycles. The first-order valence-corrected chi connectivity index (χ1v) is 11.3. The smallest absolute Gasteiger partial charge is 0.272 e. The van der Waals surface area contributed by atoms with Crippen molar-refractivity contribution < 1.29 is 14.4 Å². The van der Waals surface area contributed by atoms with Crippen molar-refractivity contribution in [1.29, 1.82) is 0 Å². The van der Waals surface area contributed by atoms with Crippen LogP contribution in [0.2, 0.25) is 5.02 Å². The molecule has 30 heavy (non-hydrogen) atoms. The van der Waals surface area contributed by atoms with Gasteiger partial charge in [-0.1, -0.05) is 51.8 Å². The molecule has 5 nitrogen and oxygen atoms in total. The van der Waals surface area contributed by atoms with Crippen molar-refractivity contribution in [1.82, 2.24) is 10.0 Å². The van der Waals surface area contributed by atoms with Gasteiger partial charge in [0.1, 0.15) is 0 Å². The number of fused-ring (bicyclic) bond motifs is 5. The van der Waals surface area contributed by atoms with Crippen LogP contribution >= 0.6 is 27.5 Å². The van der Waals surface area contributed by atoms with Crippen LogP contribution < -0.4 is 0 Å². The molecule has 2 aromatic carbocycles. The molecule has 2 aliphatic carbocycles. The third kappa shape index (κ3) is 3.08. The van der Waals surface area contributed by atoms with Gasteiger partial charge in [-0.2, -0.15) is 5.01 Å². The second-order valence-electron chi connectivity index (χ2n) is 8.34. The standard InChI is InChI=1S/C23H20BrClN2O3/c24-16-9-5-13(6-10-16)12-26(21(28)17-3-1-2-4-18(17)25)27-22(29)19-14-7-8-15(11-14)20(19)23(27)30/h1-6,9-10,14-15,19-20H,7-8,11-12H2/t14-,15+,19-,20-/m0/s1. The first-order valence-electron chi connectivity index (χ1n) is 10.1.